The molecule has 21 heavy (non-hydrogen) atoms. The zero-order valence-corrected chi connectivity index (χ0v) is 12.5. The van der Waals surface area contributed by atoms with E-state index in [1.54, 1.807) is 25.1 Å². The topological polar surface area (TPSA) is 75.4 Å². The summed E-state index contributed by atoms with van der Waals surface area (Å²) in [5.41, 5.74) is 7.01. The number of nitrogens with zero attached hydrogens (tertiary/aromatic N) is 1. The first-order chi connectivity index (χ1) is 10.1. The minimum atomic E-state index is -0.503. The Balaban J connectivity index is 1.96. The van der Waals surface area contributed by atoms with Gasteiger partial charge < -0.3 is 16.0 Å². The monoisotopic (exact) mass is 289 g/mol. The first-order valence-electron chi connectivity index (χ1n) is 7.50. The van der Waals surface area contributed by atoms with Crippen LogP contribution in [0.2, 0.25) is 0 Å². The number of likely N-dealkylation sites (tertiary alicyclic amines) is 1. The van der Waals surface area contributed by atoms with Crippen molar-refractivity contribution in [3.05, 3.63) is 35.4 Å². The fourth-order valence-corrected chi connectivity index (χ4v) is 2.57. The van der Waals surface area contributed by atoms with Crippen molar-refractivity contribution in [2.45, 2.75) is 38.8 Å². The van der Waals surface area contributed by atoms with Crippen LogP contribution in [0.5, 0.6) is 0 Å². The molecule has 0 aliphatic carbocycles. The average molecular weight is 289 g/mol. The van der Waals surface area contributed by atoms with Crippen molar-refractivity contribution in [2.24, 2.45) is 5.73 Å². The third-order valence-electron chi connectivity index (χ3n) is 3.81. The van der Waals surface area contributed by atoms with E-state index in [9.17, 15) is 9.59 Å². The lowest BCUT2D eigenvalue weighted by atomic mass is 10.1. The Bertz CT molecular complexity index is 510. The lowest BCUT2D eigenvalue weighted by Crippen LogP contribution is -2.48. The van der Waals surface area contributed by atoms with Crippen molar-refractivity contribution < 1.29 is 9.59 Å². The van der Waals surface area contributed by atoms with Crippen LogP contribution in [0.4, 0.5) is 0 Å². The number of hydrogen-bond donors (Lipinski definition) is 2. The third-order valence-corrected chi connectivity index (χ3v) is 3.81. The summed E-state index contributed by atoms with van der Waals surface area (Å²) in [6.07, 6.45) is 3.27. The first kappa shape index (κ1) is 15.5. The lowest BCUT2D eigenvalue weighted by Gasteiger charge is -2.29. The fourth-order valence-electron chi connectivity index (χ4n) is 2.57. The molecule has 1 heterocycles. The van der Waals surface area contributed by atoms with E-state index in [0.717, 1.165) is 31.5 Å². The summed E-state index contributed by atoms with van der Waals surface area (Å²) in [5, 5.41) is 2.77. The molecule has 1 aromatic carbocycles. The van der Waals surface area contributed by atoms with Gasteiger partial charge in [-0.05, 0) is 43.9 Å². The van der Waals surface area contributed by atoms with Crippen molar-refractivity contribution in [1.29, 1.82) is 0 Å². The van der Waals surface area contributed by atoms with Gasteiger partial charge in [-0.3, -0.25) is 9.59 Å². The number of nitrogens with two attached hydrogens (primary N) is 1. The third kappa shape index (κ3) is 4.04. The minimum absolute atomic E-state index is 0.00182. The molecule has 0 bridgehead atoms. The van der Waals surface area contributed by atoms with Crippen LogP contribution in [0.25, 0.3) is 0 Å². The molecule has 0 spiro atoms. The molecule has 0 aromatic heterocycles. The van der Waals surface area contributed by atoms with E-state index in [0.29, 0.717) is 12.1 Å². The molecular weight excluding hydrogens is 266 g/mol. The second kappa shape index (κ2) is 7.22. The maximum atomic E-state index is 12.3. The maximum Gasteiger partial charge on any atom is 0.251 e. The van der Waals surface area contributed by atoms with Gasteiger partial charge in [0.2, 0.25) is 5.91 Å². The van der Waals surface area contributed by atoms with Gasteiger partial charge in [-0.25, -0.2) is 0 Å². The Morgan fingerprint density at radius 1 is 1.29 bits per heavy atom. The molecule has 0 saturated carbocycles. The molecule has 1 saturated heterocycles. The van der Waals surface area contributed by atoms with E-state index < -0.39 is 6.04 Å². The number of carbonyl (C=O) groups excluding carboxylic acids is 2. The van der Waals surface area contributed by atoms with Gasteiger partial charge in [-0.1, -0.05) is 12.1 Å². The summed E-state index contributed by atoms with van der Waals surface area (Å²) in [6.45, 7) is 3.72. The van der Waals surface area contributed by atoms with Crippen molar-refractivity contribution in [3.8, 4) is 0 Å². The first-order valence-corrected chi connectivity index (χ1v) is 7.50. The van der Waals surface area contributed by atoms with Gasteiger partial charge in [0.05, 0.1) is 0 Å². The van der Waals surface area contributed by atoms with Crippen LogP contribution >= 0.6 is 0 Å². The SMILES string of the molecule is CC(NC(=O)c1cccc(CN)c1)C(=O)N1CCCCC1. The highest BCUT2D eigenvalue weighted by Gasteiger charge is 2.23. The number of carbonyl (C=O) groups is 2. The molecule has 1 unspecified atom stereocenters. The van der Waals surface area contributed by atoms with Gasteiger partial charge in [0.1, 0.15) is 6.04 Å². The molecule has 1 aliphatic heterocycles. The standard InChI is InChI=1S/C16H23N3O2/c1-12(16(21)19-8-3-2-4-9-19)18-15(20)14-7-5-6-13(10-14)11-17/h5-7,10,12H,2-4,8-9,11,17H2,1H3,(H,18,20). The Labute approximate surface area is 125 Å². The summed E-state index contributed by atoms with van der Waals surface area (Å²) >= 11 is 0. The van der Waals surface area contributed by atoms with Crippen molar-refractivity contribution in [3.63, 3.8) is 0 Å². The molecule has 1 atom stereocenters. The Kier molecular flexibility index (Phi) is 5.33. The van der Waals surface area contributed by atoms with Crippen LogP contribution < -0.4 is 11.1 Å². The number of benzene rings is 1. The van der Waals surface area contributed by atoms with E-state index in [1.807, 2.05) is 11.0 Å². The second-order valence-corrected chi connectivity index (χ2v) is 5.49. The van der Waals surface area contributed by atoms with Crippen LogP contribution in [0.15, 0.2) is 24.3 Å². The molecule has 2 rings (SSSR count). The predicted molar refractivity (Wildman–Crippen MR) is 81.7 cm³/mol. The Morgan fingerprint density at radius 3 is 2.67 bits per heavy atom. The fraction of sp³-hybridized carbons (Fsp3) is 0.500. The summed E-state index contributed by atoms with van der Waals surface area (Å²) in [4.78, 5) is 26.3. The van der Waals surface area contributed by atoms with Crippen molar-refractivity contribution in [1.82, 2.24) is 10.2 Å². The van der Waals surface area contributed by atoms with E-state index in [2.05, 4.69) is 5.32 Å². The van der Waals surface area contributed by atoms with Gasteiger partial charge in [0.15, 0.2) is 0 Å². The normalized spacial score (nSPS) is 16.4. The van der Waals surface area contributed by atoms with Gasteiger partial charge in [0.25, 0.3) is 5.91 Å². The molecule has 3 N–H and O–H groups in total. The van der Waals surface area contributed by atoms with Crippen LogP contribution in [0.3, 0.4) is 0 Å². The van der Waals surface area contributed by atoms with Crippen LogP contribution in [-0.2, 0) is 11.3 Å². The number of nitrogens with one attached hydrogen (secondary N) is 1. The smallest absolute Gasteiger partial charge is 0.251 e. The molecule has 1 aliphatic rings. The minimum Gasteiger partial charge on any atom is -0.341 e. The van der Waals surface area contributed by atoms with Crippen LogP contribution in [-0.4, -0.2) is 35.8 Å². The second-order valence-electron chi connectivity index (χ2n) is 5.49. The Morgan fingerprint density at radius 2 is 2.00 bits per heavy atom. The van der Waals surface area contributed by atoms with Gasteiger partial charge in [0, 0.05) is 25.2 Å². The molecule has 1 aromatic rings. The molecule has 5 heteroatoms. The van der Waals surface area contributed by atoms with Crippen molar-refractivity contribution in [2.75, 3.05) is 13.1 Å². The summed E-state index contributed by atoms with van der Waals surface area (Å²) in [5.74, 6) is -0.235. The maximum absolute atomic E-state index is 12.3. The number of amides is 2. The van der Waals surface area contributed by atoms with E-state index >= 15 is 0 Å². The highest BCUT2D eigenvalue weighted by Crippen LogP contribution is 2.10. The average Bonchev–Trinajstić information content (AvgIpc) is 2.54. The quantitative estimate of drug-likeness (QED) is 0.876. The highest BCUT2D eigenvalue weighted by molar-refractivity contribution is 5.97. The summed E-state index contributed by atoms with van der Waals surface area (Å²) in [7, 11) is 0. The zero-order chi connectivity index (χ0) is 15.2. The van der Waals surface area contributed by atoms with Crippen LogP contribution in [0, 0.1) is 0 Å². The van der Waals surface area contributed by atoms with Crippen LogP contribution in [0.1, 0.15) is 42.1 Å². The largest absolute Gasteiger partial charge is 0.341 e. The predicted octanol–water partition coefficient (Wildman–Crippen LogP) is 1.28. The van der Waals surface area contributed by atoms with E-state index in [1.165, 1.54) is 6.42 Å². The number of hydrogen-bond acceptors (Lipinski definition) is 3. The van der Waals surface area contributed by atoms with Crippen molar-refractivity contribution >= 4 is 11.8 Å². The zero-order valence-electron chi connectivity index (χ0n) is 12.5. The molecule has 114 valence electrons. The van der Waals surface area contributed by atoms with E-state index in [4.69, 9.17) is 5.73 Å². The van der Waals surface area contributed by atoms with Gasteiger partial charge in [-0.15, -0.1) is 0 Å². The van der Waals surface area contributed by atoms with Gasteiger partial charge >= 0.3 is 0 Å². The number of piperidine rings is 1. The molecular formula is C16H23N3O2. The number of rotatable bonds is 4. The van der Waals surface area contributed by atoms with E-state index in [-0.39, 0.29) is 11.8 Å². The summed E-state index contributed by atoms with van der Waals surface area (Å²) in [6, 6.07) is 6.66. The lowest BCUT2D eigenvalue weighted by molar-refractivity contribution is -0.133. The summed E-state index contributed by atoms with van der Waals surface area (Å²) < 4.78 is 0. The van der Waals surface area contributed by atoms with Gasteiger partial charge in [-0.2, -0.15) is 0 Å². The molecule has 1 fully saturated rings. The highest BCUT2D eigenvalue weighted by atomic mass is 16.2. The molecule has 2 amide bonds. The molecule has 5 nitrogen and oxygen atoms in total. The molecule has 0 radical (unpaired) electrons. The Hall–Kier alpha value is -1.88.